The van der Waals surface area contributed by atoms with Gasteiger partial charge >= 0.3 is 5.97 Å². The maximum absolute atomic E-state index is 10.6. The first-order valence-electron chi connectivity index (χ1n) is 3.91. The SMILES string of the molecule is COc1cc(O)ccc1[C@H](N)C(=O)O. The molecule has 1 aromatic rings. The first-order chi connectivity index (χ1) is 6.56. The number of aliphatic carboxylic acids is 1. The number of methoxy groups -OCH3 is 1. The van der Waals surface area contributed by atoms with E-state index < -0.39 is 12.0 Å². The highest BCUT2D eigenvalue weighted by atomic mass is 16.5. The topological polar surface area (TPSA) is 92.8 Å². The number of rotatable bonds is 3. The monoisotopic (exact) mass is 197 g/mol. The van der Waals surface area contributed by atoms with E-state index in [-0.39, 0.29) is 11.5 Å². The third-order valence-corrected chi connectivity index (χ3v) is 1.82. The van der Waals surface area contributed by atoms with Crippen molar-refractivity contribution in [2.75, 3.05) is 7.11 Å². The zero-order valence-corrected chi connectivity index (χ0v) is 7.60. The molecule has 14 heavy (non-hydrogen) atoms. The number of carbonyl (C=O) groups is 1. The molecule has 0 unspecified atom stereocenters. The van der Waals surface area contributed by atoms with Crippen LogP contribution in [-0.2, 0) is 4.79 Å². The molecular weight excluding hydrogens is 186 g/mol. The molecule has 5 nitrogen and oxygen atoms in total. The van der Waals surface area contributed by atoms with Crippen LogP contribution in [0.4, 0.5) is 0 Å². The summed E-state index contributed by atoms with van der Waals surface area (Å²) in [4.78, 5) is 10.6. The Hall–Kier alpha value is -1.75. The van der Waals surface area contributed by atoms with Crippen molar-refractivity contribution in [2.45, 2.75) is 6.04 Å². The van der Waals surface area contributed by atoms with Crippen molar-refractivity contribution in [3.05, 3.63) is 23.8 Å². The predicted molar refractivity (Wildman–Crippen MR) is 49.2 cm³/mol. The van der Waals surface area contributed by atoms with Crippen LogP contribution in [0.1, 0.15) is 11.6 Å². The second-order valence-corrected chi connectivity index (χ2v) is 2.74. The van der Waals surface area contributed by atoms with Crippen LogP contribution in [0.5, 0.6) is 11.5 Å². The summed E-state index contributed by atoms with van der Waals surface area (Å²) in [5, 5.41) is 17.8. The molecule has 5 heteroatoms. The molecule has 0 saturated carbocycles. The minimum Gasteiger partial charge on any atom is -0.508 e. The maximum Gasteiger partial charge on any atom is 0.325 e. The van der Waals surface area contributed by atoms with E-state index in [0.29, 0.717) is 5.56 Å². The molecule has 1 rings (SSSR count). The van der Waals surface area contributed by atoms with Gasteiger partial charge in [0.15, 0.2) is 0 Å². The van der Waals surface area contributed by atoms with Gasteiger partial charge in [0.25, 0.3) is 0 Å². The van der Waals surface area contributed by atoms with Crippen LogP contribution < -0.4 is 10.5 Å². The summed E-state index contributed by atoms with van der Waals surface area (Å²) < 4.78 is 4.89. The van der Waals surface area contributed by atoms with Crippen molar-refractivity contribution in [2.24, 2.45) is 5.73 Å². The maximum atomic E-state index is 10.6. The Kier molecular flexibility index (Phi) is 2.93. The molecule has 0 bridgehead atoms. The van der Waals surface area contributed by atoms with Crippen LogP contribution >= 0.6 is 0 Å². The second-order valence-electron chi connectivity index (χ2n) is 2.74. The summed E-state index contributed by atoms with van der Waals surface area (Å²) in [6.07, 6.45) is 0. The fourth-order valence-corrected chi connectivity index (χ4v) is 1.09. The lowest BCUT2D eigenvalue weighted by atomic mass is 10.1. The number of hydrogen-bond acceptors (Lipinski definition) is 4. The van der Waals surface area contributed by atoms with Crippen LogP contribution in [0.25, 0.3) is 0 Å². The highest BCUT2D eigenvalue weighted by molar-refractivity contribution is 5.76. The first kappa shape index (κ1) is 10.3. The summed E-state index contributed by atoms with van der Waals surface area (Å²) in [7, 11) is 1.38. The van der Waals surface area contributed by atoms with E-state index in [0.717, 1.165) is 0 Å². The standard InChI is InChI=1S/C9H11NO4/c1-14-7-4-5(11)2-3-6(7)8(10)9(12)13/h2-4,8,11H,10H2,1H3,(H,12,13)/t8-/m0/s1. The summed E-state index contributed by atoms with van der Waals surface area (Å²) in [5.74, 6) is -0.878. The first-order valence-corrected chi connectivity index (χ1v) is 3.91. The Morgan fingerprint density at radius 3 is 2.71 bits per heavy atom. The summed E-state index contributed by atoms with van der Waals surface area (Å²) in [6, 6.07) is 2.96. The fourth-order valence-electron chi connectivity index (χ4n) is 1.09. The lowest BCUT2D eigenvalue weighted by Gasteiger charge is -2.11. The quantitative estimate of drug-likeness (QED) is 0.655. The Morgan fingerprint density at radius 2 is 2.21 bits per heavy atom. The van der Waals surface area contributed by atoms with E-state index in [4.69, 9.17) is 20.7 Å². The second kappa shape index (κ2) is 3.97. The molecule has 1 atom stereocenters. The van der Waals surface area contributed by atoms with E-state index in [9.17, 15) is 4.79 Å². The molecule has 0 aliphatic carbocycles. The van der Waals surface area contributed by atoms with Crippen molar-refractivity contribution in [3.8, 4) is 11.5 Å². The van der Waals surface area contributed by atoms with Crippen molar-refractivity contribution in [1.29, 1.82) is 0 Å². The van der Waals surface area contributed by atoms with Crippen LogP contribution in [0.15, 0.2) is 18.2 Å². The molecule has 0 spiro atoms. The average molecular weight is 197 g/mol. The molecule has 0 radical (unpaired) electrons. The van der Waals surface area contributed by atoms with Gasteiger partial charge in [-0.05, 0) is 12.1 Å². The zero-order chi connectivity index (χ0) is 10.7. The number of phenols is 1. The Bertz CT molecular complexity index is 351. The van der Waals surface area contributed by atoms with Crippen molar-refractivity contribution in [3.63, 3.8) is 0 Å². The lowest BCUT2D eigenvalue weighted by Crippen LogP contribution is -2.21. The van der Waals surface area contributed by atoms with Gasteiger partial charge in [0, 0.05) is 11.6 Å². The Morgan fingerprint density at radius 1 is 1.57 bits per heavy atom. The Balaban J connectivity index is 3.13. The third kappa shape index (κ3) is 1.94. The summed E-state index contributed by atoms with van der Waals surface area (Å²) in [6.45, 7) is 0. The molecule has 0 fully saturated rings. The molecule has 0 saturated heterocycles. The van der Waals surface area contributed by atoms with Crippen LogP contribution in [0, 0.1) is 0 Å². The normalized spacial score (nSPS) is 12.1. The van der Waals surface area contributed by atoms with E-state index in [1.807, 2.05) is 0 Å². The van der Waals surface area contributed by atoms with Gasteiger partial charge in [-0.3, -0.25) is 4.79 Å². The molecule has 76 valence electrons. The highest BCUT2D eigenvalue weighted by Crippen LogP contribution is 2.27. The number of aromatic hydroxyl groups is 1. The lowest BCUT2D eigenvalue weighted by molar-refractivity contribution is -0.138. The molecule has 0 aliphatic heterocycles. The van der Waals surface area contributed by atoms with E-state index in [2.05, 4.69) is 0 Å². The van der Waals surface area contributed by atoms with Gasteiger partial charge < -0.3 is 20.7 Å². The van der Waals surface area contributed by atoms with Gasteiger partial charge in [0.05, 0.1) is 7.11 Å². The van der Waals surface area contributed by atoms with Gasteiger partial charge in [-0.25, -0.2) is 0 Å². The van der Waals surface area contributed by atoms with Crippen molar-refractivity contribution in [1.82, 2.24) is 0 Å². The summed E-state index contributed by atoms with van der Waals surface area (Å²) >= 11 is 0. The largest absolute Gasteiger partial charge is 0.508 e. The minimum absolute atomic E-state index is 0.00295. The molecule has 0 amide bonds. The van der Waals surface area contributed by atoms with Gasteiger partial charge in [0.2, 0.25) is 0 Å². The number of benzene rings is 1. The molecule has 0 heterocycles. The number of carboxylic acid groups (broad SMARTS) is 1. The summed E-state index contributed by atoms with van der Waals surface area (Å²) in [5.41, 5.74) is 5.73. The molecule has 1 aromatic carbocycles. The molecular formula is C9H11NO4. The smallest absolute Gasteiger partial charge is 0.325 e. The predicted octanol–water partition coefficient (Wildman–Crippen LogP) is 0.485. The number of phenolic OH excluding ortho intramolecular Hbond substituents is 1. The van der Waals surface area contributed by atoms with Crippen molar-refractivity contribution >= 4 is 5.97 Å². The number of ether oxygens (including phenoxy) is 1. The third-order valence-electron chi connectivity index (χ3n) is 1.82. The van der Waals surface area contributed by atoms with Crippen LogP contribution in [0.2, 0.25) is 0 Å². The van der Waals surface area contributed by atoms with Crippen LogP contribution in [-0.4, -0.2) is 23.3 Å². The van der Waals surface area contributed by atoms with E-state index >= 15 is 0 Å². The molecule has 0 aliphatic rings. The fraction of sp³-hybridized carbons (Fsp3) is 0.222. The number of nitrogens with two attached hydrogens (primary N) is 1. The molecule has 0 aromatic heterocycles. The van der Waals surface area contributed by atoms with Crippen molar-refractivity contribution < 1.29 is 19.7 Å². The zero-order valence-electron chi connectivity index (χ0n) is 7.60. The van der Waals surface area contributed by atoms with Crippen LogP contribution in [0.3, 0.4) is 0 Å². The van der Waals surface area contributed by atoms with E-state index in [1.165, 1.54) is 25.3 Å². The van der Waals surface area contributed by atoms with Gasteiger partial charge in [-0.1, -0.05) is 0 Å². The van der Waals surface area contributed by atoms with E-state index in [1.54, 1.807) is 0 Å². The Labute approximate surface area is 80.7 Å². The van der Waals surface area contributed by atoms with Gasteiger partial charge in [-0.2, -0.15) is 0 Å². The average Bonchev–Trinajstić information content (AvgIpc) is 2.16. The minimum atomic E-state index is -1.15. The molecule has 4 N–H and O–H groups in total. The highest BCUT2D eigenvalue weighted by Gasteiger charge is 2.18. The number of hydrogen-bond donors (Lipinski definition) is 3. The number of carboxylic acids is 1. The van der Waals surface area contributed by atoms with Gasteiger partial charge in [-0.15, -0.1) is 0 Å². The van der Waals surface area contributed by atoms with Gasteiger partial charge in [0.1, 0.15) is 17.5 Å².